The summed E-state index contributed by atoms with van der Waals surface area (Å²) < 4.78 is 24.2. The molecule has 1 aromatic carbocycles. The quantitative estimate of drug-likeness (QED) is 0.745. The number of aryl methyl sites for hydroxylation is 1. The van der Waals surface area contributed by atoms with Crippen molar-refractivity contribution in [2.24, 2.45) is 5.14 Å². The largest absolute Gasteiger partial charge is 0.322 e. The van der Waals surface area contributed by atoms with Crippen LogP contribution in [0.3, 0.4) is 0 Å². The Bertz CT molecular complexity index is 816. The fraction of sp³-hybridized carbons (Fsp3) is 0.0833. The van der Waals surface area contributed by atoms with Crippen LogP contribution in [0.5, 0.6) is 0 Å². The van der Waals surface area contributed by atoms with Crippen LogP contribution in [-0.4, -0.2) is 14.3 Å². The van der Waals surface area contributed by atoms with Crippen LogP contribution >= 0.6 is 43.2 Å². The zero-order chi connectivity index (χ0) is 15.8. The first-order valence-electron chi connectivity index (χ1n) is 5.58. The van der Waals surface area contributed by atoms with E-state index < -0.39 is 10.0 Å². The summed E-state index contributed by atoms with van der Waals surface area (Å²) in [5.74, 6) is -0.335. The highest BCUT2D eigenvalue weighted by Crippen LogP contribution is 2.32. The molecule has 9 heteroatoms. The maximum atomic E-state index is 12.2. The maximum absolute atomic E-state index is 12.2. The Morgan fingerprint density at radius 1 is 1.29 bits per heavy atom. The van der Waals surface area contributed by atoms with E-state index in [2.05, 4.69) is 37.2 Å². The highest BCUT2D eigenvalue weighted by Gasteiger charge is 2.16. The molecule has 21 heavy (non-hydrogen) atoms. The lowest BCUT2D eigenvalue weighted by molar-refractivity contribution is 0.102. The summed E-state index contributed by atoms with van der Waals surface area (Å²) >= 11 is 7.99. The van der Waals surface area contributed by atoms with Crippen molar-refractivity contribution in [3.8, 4) is 0 Å². The molecule has 2 aromatic rings. The Kier molecular flexibility index (Phi) is 4.89. The van der Waals surface area contributed by atoms with Gasteiger partial charge >= 0.3 is 0 Å². The third kappa shape index (κ3) is 3.92. The predicted molar refractivity (Wildman–Crippen MR) is 90.2 cm³/mol. The van der Waals surface area contributed by atoms with E-state index in [-0.39, 0.29) is 10.8 Å². The molecular formula is C12H10Br2N2O3S2. The summed E-state index contributed by atoms with van der Waals surface area (Å²) in [5, 5.41) is 7.78. The highest BCUT2D eigenvalue weighted by atomic mass is 79.9. The third-order valence-electron chi connectivity index (χ3n) is 2.69. The number of hydrogen-bond acceptors (Lipinski definition) is 4. The van der Waals surface area contributed by atoms with Crippen molar-refractivity contribution in [1.29, 1.82) is 0 Å². The van der Waals surface area contributed by atoms with Crippen molar-refractivity contribution in [1.82, 2.24) is 0 Å². The molecule has 1 aromatic heterocycles. The molecule has 0 unspecified atom stereocenters. The number of nitrogens with one attached hydrogen (secondary N) is 1. The minimum Gasteiger partial charge on any atom is -0.322 e. The summed E-state index contributed by atoms with van der Waals surface area (Å²) in [7, 11) is -3.81. The second-order valence-corrected chi connectivity index (χ2v) is 9.52. The molecule has 0 aliphatic heterocycles. The van der Waals surface area contributed by atoms with E-state index in [1.54, 1.807) is 19.1 Å². The minimum absolute atomic E-state index is 0.0473. The summed E-state index contributed by atoms with van der Waals surface area (Å²) in [5.41, 5.74) is 1.61. The van der Waals surface area contributed by atoms with Gasteiger partial charge in [0.05, 0.1) is 18.0 Å². The Labute approximate surface area is 142 Å². The number of primary sulfonamides is 1. The van der Waals surface area contributed by atoms with Gasteiger partial charge in [-0.05, 0) is 62.5 Å². The molecule has 1 amide bonds. The normalized spacial score (nSPS) is 11.4. The van der Waals surface area contributed by atoms with Gasteiger partial charge in [-0.3, -0.25) is 4.79 Å². The number of carbonyl (C=O) groups excluding carboxylic acids is 1. The van der Waals surface area contributed by atoms with Gasteiger partial charge in [0.15, 0.2) is 0 Å². The van der Waals surface area contributed by atoms with Gasteiger partial charge in [0, 0.05) is 5.69 Å². The number of sulfonamides is 1. The Balaban J connectivity index is 2.35. The molecule has 0 radical (unpaired) electrons. The second kappa shape index (κ2) is 6.17. The van der Waals surface area contributed by atoms with Gasteiger partial charge in [-0.1, -0.05) is 6.07 Å². The molecule has 0 fully saturated rings. The van der Waals surface area contributed by atoms with E-state index in [0.717, 1.165) is 9.35 Å². The molecule has 0 bridgehead atoms. The van der Waals surface area contributed by atoms with Gasteiger partial charge in [-0.25, -0.2) is 13.6 Å². The molecule has 2 rings (SSSR count). The minimum atomic E-state index is -3.81. The maximum Gasteiger partial charge on any atom is 0.257 e. The van der Waals surface area contributed by atoms with Crippen molar-refractivity contribution in [3.05, 3.63) is 43.0 Å². The van der Waals surface area contributed by atoms with Crippen LogP contribution in [0.1, 0.15) is 15.9 Å². The second-order valence-electron chi connectivity index (χ2n) is 4.21. The van der Waals surface area contributed by atoms with Crippen molar-refractivity contribution >= 4 is 64.8 Å². The van der Waals surface area contributed by atoms with Crippen LogP contribution in [0.25, 0.3) is 0 Å². The van der Waals surface area contributed by atoms with Gasteiger partial charge in [0.1, 0.15) is 0 Å². The lowest BCUT2D eigenvalue weighted by Gasteiger charge is -2.09. The highest BCUT2D eigenvalue weighted by molar-refractivity contribution is 9.12. The van der Waals surface area contributed by atoms with Gasteiger partial charge < -0.3 is 5.32 Å². The molecule has 0 saturated carbocycles. The lowest BCUT2D eigenvalue weighted by Crippen LogP contribution is -2.15. The first-order chi connectivity index (χ1) is 9.68. The monoisotopic (exact) mass is 452 g/mol. The fourth-order valence-electron chi connectivity index (χ4n) is 1.60. The summed E-state index contributed by atoms with van der Waals surface area (Å²) in [6, 6.07) is 6.02. The van der Waals surface area contributed by atoms with E-state index in [1.807, 2.05) is 0 Å². The molecule has 1 heterocycles. The smallest absolute Gasteiger partial charge is 0.257 e. The average Bonchev–Trinajstić information content (AvgIpc) is 2.70. The zero-order valence-corrected chi connectivity index (χ0v) is 15.5. The Morgan fingerprint density at radius 2 is 1.95 bits per heavy atom. The number of halogens is 2. The van der Waals surface area contributed by atoms with Crippen molar-refractivity contribution < 1.29 is 13.2 Å². The lowest BCUT2D eigenvalue weighted by atomic mass is 10.2. The molecule has 0 aliphatic rings. The van der Waals surface area contributed by atoms with E-state index in [9.17, 15) is 13.2 Å². The fourth-order valence-corrected chi connectivity index (χ4v) is 4.93. The van der Waals surface area contributed by atoms with Crippen molar-refractivity contribution in [2.75, 3.05) is 5.32 Å². The number of nitrogens with two attached hydrogens (primary N) is 1. The number of amides is 1. The predicted octanol–water partition coefficient (Wildman–Crippen LogP) is 3.48. The van der Waals surface area contributed by atoms with Crippen LogP contribution in [0, 0.1) is 6.92 Å². The molecule has 0 aliphatic carbocycles. The van der Waals surface area contributed by atoms with Gasteiger partial charge in [-0.15, -0.1) is 11.3 Å². The van der Waals surface area contributed by atoms with Crippen LogP contribution in [-0.2, 0) is 10.0 Å². The number of thiophene rings is 1. The van der Waals surface area contributed by atoms with E-state index >= 15 is 0 Å². The molecular weight excluding hydrogens is 444 g/mol. The third-order valence-corrected chi connectivity index (χ3v) is 5.94. The molecule has 112 valence electrons. The van der Waals surface area contributed by atoms with Gasteiger partial charge in [-0.2, -0.15) is 0 Å². The first kappa shape index (κ1) is 16.6. The molecule has 3 N–H and O–H groups in total. The van der Waals surface area contributed by atoms with E-state index in [1.165, 1.54) is 23.5 Å². The number of carbonyl (C=O) groups is 1. The molecule has 0 atom stereocenters. The standard InChI is InChI=1S/C12H10Br2N2O3S2/c1-6-2-3-7(21(15,18)19)4-9(6)16-12(17)8-5-10(13)20-11(8)14/h2-5H,1H3,(H,16,17)(H2,15,18,19). The van der Waals surface area contributed by atoms with E-state index in [0.29, 0.717) is 15.0 Å². The molecule has 5 nitrogen and oxygen atoms in total. The van der Waals surface area contributed by atoms with Crippen LogP contribution in [0.4, 0.5) is 5.69 Å². The number of benzene rings is 1. The van der Waals surface area contributed by atoms with Crippen molar-refractivity contribution in [3.63, 3.8) is 0 Å². The van der Waals surface area contributed by atoms with Gasteiger partial charge in [0.2, 0.25) is 10.0 Å². The summed E-state index contributed by atoms with van der Waals surface area (Å²) in [6.07, 6.45) is 0. The average molecular weight is 454 g/mol. The molecule has 0 saturated heterocycles. The topological polar surface area (TPSA) is 89.3 Å². The van der Waals surface area contributed by atoms with Crippen LogP contribution < -0.4 is 10.5 Å². The number of rotatable bonds is 3. The van der Waals surface area contributed by atoms with Crippen LogP contribution in [0.2, 0.25) is 0 Å². The zero-order valence-electron chi connectivity index (χ0n) is 10.7. The van der Waals surface area contributed by atoms with Crippen molar-refractivity contribution in [2.45, 2.75) is 11.8 Å². The summed E-state index contributed by atoms with van der Waals surface area (Å²) in [6.45, 7) is 1.76. The Morgan fingerprint density at radius 3 is 2.48 bits per heavy atom. The van der Waals surface area contributed by atoms with E-state index in [4.69, 9.17) is 5.14 Å². The summed E-state index contributed by atoms with van der Waals surface area (Å²) in [4.78, 5) is 12.2. The van der Waals surface area contributed by atoms with Crippen LogP contribution in [0.15, 0.2) is 36.7 Å². The number of anilines is 1. The first-order valence-corrected chi connectivity index (χ1v) is 9.53. The Hall–Kier alpha value is -0.740. The SMILES string of the molecule is Cc1ccc(S(N)(=O)=O)cc1NC(=O)c1cc(Br)sc1Br. The number of hydrogen-bond donors (Lipinski definition) is 2. The molecule has 0 spiro atoms. The van der Waals surface area contributed by atoms with Gasteiger partial charge in [0.25, 0.3) is 5.91 Å².